The van der Waals surface area contributed by atoms with Crippen LogP contribution in [-0.2, 0) is 7.05 Å². The first-order valence-corrected chi connectivity index (χ1v) is 6.18. The van der Waals surface area contributed by atoms with Crippen molar-refractivity contribution in [1.29, 1.82) is 0 Å². The summed E-state index contributed by atoms with van der Waals surface area (Å²) in [5, 5.41) is 6.80. The Labute approximate surface area is 115 Å². The Hall–Kier alpha value is -2.24. The molecule has 106 valence electrons. The van der Waals surface area contributed by atoms with Crippen LogP contribution in [0.4, 0.5) is 4.39 Å². The minimum Gasteiger partial charge on any atom is -0.346 e. The summed E-state index contributed by atoms with van der Waals surface area (Å²) >= 11 is 0. The van der Waals surface area contributed by atoms with Crippen molar-refractivity contribution in [1.82, 2.24) is 15.1 Å². The monoisotopic (exact) mass is 277 g/mol. The normalized spacial score (nSPS) is 11.7. The van der Waals surface area contributed by atoms with Gasteiger partial charge in [-0.2, -0.15) is 5.10 Å². The van der Waals surface area contributed by atoms with Crippen molar-refractivity contribution >= 4 is 16.8 Å². The molecule has 1 N–H and O–H groups in total. The van der Waals surface area contributed by atoms with Crippen molar-refractivity contribution in [3.63, 3.8) is 0 Å². The Kier molecular flexibility index (Phi) is 3.33. The number of halogens is 1. The third-order valence-corrected chi connectivity index (χ3v) is 2.72. The van der Waals surface area contributed by atoms with Gasteiger partial charge in [-0.3, -0.25) is 14.3 Å². The largest absolute Gasteiger partial charge is 0.346 e. The van der Waals surface area contributed by atoms with Gasteiger partial charge in [0.25, 0.3) is 5.91 Å². The minimum absolute atomic E-state index is 0.140. The maximum absolute atomic E-state index is 13.3. The SMILES string of the molecule is Cn1nc(C(=O)NC(C)(C)C)c(=O)c2cc(F)ccc21. The molecule has 0 saturated carbocycles. The van der Waals surface area contributed by atoms with E-state index < -0.39 is 22.7 Å². The number of rotatable bonds is 1. The molecule has 0 aliphatic heterocycles. The van der Waals surface area contributed by atoms with Crippen molar-refractivity contribution in [2.75, 3.05) is 0 Å². The summed E-state index contributed by atoms with van der Waals surface area (Å²) < 4.78 is 14.7. The highest BCUT2D eigenvalue weighted by Crippen LogP contribution is 2.11. The Morgan fingerprint density at radius 2 is 2.00 bits per heavy atom. The van der Waals surface area contributed by atoms with Crippen molar-refractivity contribution in [2.24, 2.45) is 7.05 Å². The number of fused-ring (bicyclic) bond motifs is 1. The Morgan fingerprint density at radius 1 is 1.35 bits per heavy atom. The van der Waals surface area contributed by atoms with Gasteiger partial charge in [0.1, 0.15) is 5.82 Å². The molecule has 0 unspecified atom stereocenters. The van der Waals surface area contributed by atoms with E-state index in [0.717, 1.165) is 6.07 Å². The molecule has 0 atom stereocenters. The topological polar surface area (TPSA) is 64.0 Å². The van der Waals surface area contributed by atoms with Gasteiger partial charge in [0.2, 0.25) is 5.43 Å². The van der Waals surface area contributed by atoms with E-state index in [1.807, 2.05) is 0 Å². The molecule has 6 heteroatoms. The van der Waals surface area contributed by atoms with Crippen LogP contribution in [0.5, 0.6) is 0 Å². The molecule has 1 heterocycles. The number of aromatic nitrogens is 2. The van der Waals surface area contributed by atoms with Crippen LogP contribution in [0.2, 0.25) is 0 Å². The van der Waals surface area contributed by atoms with Crippen molar-refractivity contribution < 1.29 is 9.18 Å². The number of nitrogens with zero attached hydrogens (tertiary/aromatic N) is 2. The molecular weight excluding hydrogens is 261 g/mol. The first-order valence-electron chi connectivity index (χ1n) is 6.18. The number of hydrogen-bond acceptors (Lipinski definition) is 3. The van der Waals surface area contributed by atoms with Crippen molar-refractivity contribution in [3.05, 3.63) is 39.9 Å². The smallest absolute Gasteiger partial charge is 0.276 e. The lowest BCUT2D eigenvalue weighted by atomic mass is 10.1. The maximum Gasteiger partial charge on any atom is 0.276 e. The van der Waals surface area contributed by atoms with E-state index in [-0.39, 0.29) is 11.1 Å². The predicted octanol–water partition coefficient (Wildman–Crippen LogP) is 1.60. The molecule has 0 fully saturated rings. The van der Waals surface area contributed by atoms with E-state index >= 15 is 0 Å². The van der Waals surface area contributed by atoms with Crippen LogP contribution in [0.15, 0.2) is 23.0 Å². The van der Waals surface area contributed by atoms with Crippen LogP contribution >= 0.6 is 0 Å². The average molecular weight is 277 g/mol. The number of nitrogens with one attached hydrogen (secondary N) is 1. The average Bonchev–Trinajstić information content (AvgIpc) is 2.31. The highest BCUT2D eigenvalue weighted by atomic mass is 19.1. The van der Waals surface area contributed by atoms with Gasteiger partial charge in [0.05, 0.1) is 10.9 Å². The van der Waals surface area contributed by atoms with E-state index in [1.165, 1.54) is 16.8 Å². The van der Waals surface area contributed by atoms with Crippen LogP contribution < -0.4 is 10.7 Å². The van der Waals surface area contributed by atoms with E-state index in [4.69, 9.17) is 0 Å². The molecule has 0 bridgehead atoms. The highest BCUT2D eigenvalue weighted by molar-refractivity contribution is 5.95. The molecule has 0 aliphatic rings. The lowest BCUT2D eigenvalue weighted by molar-refractivity contribution is 0.0911. The molecule has 2 rings (SSSR count). The van der Waals surface area contributed by atoms with Crippen LogP contribution in [-0.4, -0.2) is 21.2 Å². The van der Waals surface area contributed by atoms with Gasteiger partial charge in [0, 0.05) is 12.6 Å². The summed E-state index contributed by atoms with van der Waals surface area (Å²) in [6.45, 7) is 5.41. The highest BCUT2D eigenvalue weighted by Gasteiger charge is 2.21. The summed E-state index contributed by atoms with van der Waals surface area (Å²) in [5.41, 5.74) is -0.815. The molecule has 2 aromatic rings. The number of amides is 1. The summed E-state index contributed by atoms with van der Waals surface area (Å²) in [6, 6.07) is 3.83. The maximum atomic E-state index is 13.3. The lowest BCUT2D eigenvalue weighted by Gasteiger charge is -2.20. The summed E-state index contributed by atoms with van der Waals surface area (Å²) in [6.07, 6.45) is 0. The predicted molar refractivity (Wildman–Crippen MR) is 74.2 cm³/mol. The van der Waals surface area contributed by atoms with Gasteiger partial charge in [0.15, 0.2) is 5.69 Å². The number of hydrogen-bond donors (Lipinski definition) is 1. The van der Waals surface area contributed by atoms with Crippen molar-refractivity contribution in [3.8, 4) is 0 Å². The van der Waals surface area contributed by atoms with Gasteiger partial charge >= 0.3 is 0 Å². The summed E-state index contributed by atoms with van der Waals surface area (Å²) in [7, 11) is 1.60. The molecule has 0 spiro atoms. The van der Waals surface area contributed by atoms with Gasteiger partial charge < -0.3 is 5.32 Å². The summed E-state index contributed by atoms with van der Waals surface area (Å²) in [5.74, 6) is -1.09. The molecule has 0 radical (unpaired) electrons. The fraction of sp³-hybridized carbons (Fsp3) is 0.357. The second-order valence-corrected chi connectivity index (χ2v) is 5.67. The molecule has 1 aromatic carbocycles. The Morgan fingerprint density at radius 3 is 2.60 bits per heavy atom. The number of carbonyl (C=O) groups is 1. The van der Waals surface area contributed by atoms with Crippen LogP contribution in [0.25, 0.3) is 10.9 Å². The number of carbonyl (C=O) groups excluding carboxylic acids is 1. The molecular formula is C14H16FN3O2. The Balaban J connectivity index is 2.64. The van der Waals surface area contributed by atoms with Gasteiger partial charge in [-0.1, -0.05) is 0 Å². The molecule has 20 heavy (non-hydrogen) atoms. The zero-order valence-electron chi connectivity index (χ0n) is 11.8. The van der Waals surface area contributed by atoms with Crippen LogP contribution in [0.3, 0.4) is 0 Å². The molecule has 1 aromatic heterocycles. The third kappa shape index (κ3) is 2.68. The van der Waals surface area contributed by atoms with Gasteiger partial charge in [-0.05, 0) is 39.0 Å². The zero-order chi connectivity index (χ0) is 15.1. The second-order valence-electron chi connectivity index (χ2n) is 5.67. The van der Waals surface area contributed by atoms with Gasteiger partial charge in [-0.15, -0.1) is 0 Å². The van der Waals surface area contributed by atoms with E-state index in [0.29, 0.717) is 5.52 Å². The standard InChI is InChI=1S/C14H16FN3O2/c1-14(2,3)16-13(20)11-12(19)9-7-8(15)5-6-10(9)18(4)17-11/h5-7H,1-4H3,(H,16,20). The van der Waals surface area contributed by atoms with Gasteiger partial charge in [-0.25, -0.2) is 4.39 Å². The van der Waals surface area contributed by atoms with E-state index in [9.17, 15) is 14.0 Å². The molecule has 0 aliphatic carbocycles. The molecule has 1 amide bonds. The van der Waals surface area contributed by atoms with E-state index in [1.54, 1.807) is 27.8 Å². The lowest BCUT2D eigenvalue weighted by Crippen LogP contribution is -2.43. The summed E-state index contributed by atoms with van der Waals surface area (Å²) in [4.78, 5) is 24.3. The number of aryl methyl sites for hydroxylation is 1. The minimum atomic E-state index is -0.570. The zero-order valence-corrected chi connectivity index (χ0v) is 11.8. The van der Waals surface area contributed by atoms with Crippen LogP contribution in [0.1, 0.15) is 31.3 Å². The van der Waals surface area contributed by atoms with Crippen molar-refractivity contribution in [2.45, 2.75) is 26.3 Å². The molecule has 0 saturated heterocycles. The first kappa shape index (κ1) is 14.2. The van der Waals surface area contributed by atoms with Crippen LogP contribution in [0, 0.1) is 5.82 Å². The Bertz CT molecular complexity index is 744. The first-order chi connectivity index (χ1) is 9.19. The quantitative estimate of drug-likeness (QED) is 0.861. The third-order valence-electron chi connectivity index (χ3n) is 2.72. The second kappa shape index (κ2) is 4.70. The molecule has 5 nitrogen and oxygen atoms in total. The van der Waals surface area contributed by atoms with E-state index in [2.05, 4.69) is 10.4 Å². The fourth-order valence-corrected chi connectivity index (χ4v) is 1.90. The number of benzene rings is 1. The fourth-order valence-electron chi connectivity index (χ4n) is 1.90.